The molecular formula is C25H25Cl2N3O6S4. The molecule has 2 aromatic carbocycles. The van der Waals surface area contributed by atoms with E-state index in [0.29, 0.717) is 33.5 Å². The van der Waals surface area contributed by atoms with Crippen LogP contribution in [0.1, 0.15) is 24.8 Å². The van der Waals surface area contributed by atoms with E-state index in [1.165, 1.54) is 23.1 Å². The van der Waals surface area contributed by atoms with E-state index in [4.69, 9.17) is 23.2 Å². The number of hydrogen-bond donors (Lipinski definition) is 1. The average Bonchev–Trinajstić information content (AvgIpc) is 3.33. The zero-order valence-corrected chi connectivity index (χ0v) is 26.2. The number of hydrogen-bond acceptors (Lipinski definition) is 9. The molecular weight excluding hydrogens is 637 g/mol. The molecule has 4 rings (SSSR count). The molecule has 1 aliphatic heterocycles. The monoisotopic (exact) mass is 661 g/mol. The van der Waals surface area contributed by atoms with Crippen LogP contribution in [0.2, 0.25) is 10.0 Å². The fraction of sp³-hybridized carbons (Fsp3) is 0.280. The lowest BCUT2D eigenvalue weighted by Gasteiger charge is -2.21. The summed E-state index contributed by atoms with van der Waals surface area (Å²) < 4.78 is 61.4. The van der Waals surface area contributed by atoms with E-state index < -0.39 is 31.8 Å². The van der Waals surface area contributed by atoms with E-state index >= 15 is 0 Å². The number of amides is 1. The molecule has 0 fully saturated rings. The van der Waals surface area contributed by atoms with Crippen LogP contribution >= 0.6 is 46.3 Å². The second kappa shape index (κ2) is 12.4. The first-order chi connectivity index (χ1) is 18.7. The summed E-state index contributed by atoms with van der Waals surface area (Å²) in [7, 11) is -8.08. The van der Waals surface area contributed by atoms with Gasteiger partial charge in [0.15, 0.2) is 0 Å². The smallest absolute Gasteiger partial charge is 0.299 e. The Labute approximate surface area is 251 Å². The van der Waals surface area contributed by atoms with Gasteiger partial charge in [0.25, 0.3) is 10.9 Å². The zero-order chi connectivity index (χ0) is 29.2. The van der Waals surface area contributed by atoms with E-state index in [9.17, 15) is 26.2 Å². The van der Waals surface area contributed by atoms with Crippen LogP contribution in [0.15, 0.2) is 58.0 Å². The molecule has 15 heteroatoms. The number of thioether (sulfide) groups is 1. The van der Waals surface area contributed by atoms with E-state index in [1.807, 2.05) is 40.8 Å². The number of rotatable bonds is 10. The van der Waals surface area contributed by atoms with Crippen LogP contribution in [0.3, 0.4) is 0 Å². The SMILES string of the molecule is CCC(=C/c1sc2ccc(Cl)cc2[n+]1CC(=O)NS(C)(=O)=O)/C=C1\Sc2ccc(Cl)cc2N1CCCS(=O)(=O)[O-]. The van der Waals surface area contributed by atoms with Crippen LogP contribution < -0.4 is 14.2 Å². The van der Waals surface area contributed by atoms with Gasteiger partial charge in [-0.3, -0.25) is 4.79 Å². The Morgan fingerprint density at radius 2 is 1.82 bits per heavy atom. The summed E-state index contributed by atoms with van der Waals surface area (Å²) in [5.41, 5.74) is 2.41. The lowest BCUT2D eigenvalue weighted by molar-refractivity contribution is -0.655. The summed E-state index contributed by atoms with van der Waals surface area (Å²) in [6, 6.07) is 10.8. The molecule has 3 aromatic rings. The first-order valence-corrected chi connectivity index (χ1v) is 17.8. The minimum atomic E-state index is -4.35. The Balaban J connectivity index is 1.74. The van der Waals surface area contributed by atoms with Crippen LogP contribution in [0.4, 0.5) is 5.69 Å². The van der Waals surface area contributed by atoms with Crippen LogP contribution in [-0.4, -0.2) is 45.8 Å². The summed E-state index contributed by atoms with van der Waals surface area (Å²) in [6.07, 6.45) is 5.59. The van der Waals surface area contributed by atoms with Crippen molar-refractivity contribution < 1.29 is 30.7 Å². The molecule has 0 unspecified atom stereocenters. The number of nitrogens with one attached hydrogen (secondary N) is 1. The molecule has 0 saturated carbocycles. The molecule has 0 saturated heterocycles. The quantitative estimate of drug-likeness (QED) is 0.244. The van der Waals surface area contributed by atoms with Crippen molar-refractivity contribution in [1.82, 2.24) is 4.72 Å². The lowest BCUT2D eigenvalue weighted by Crippen LogP contribution is -2.45. The van der Waals surface area contributed by atoms with Crippen molar-refractivity contribution in [1.29, 1.82) is 0 Å². The van der Waals surface area contributed by atoms with Crippen LogP contribution in [0, 0.1) is 0 Å². The molecule has 1 amide bonds. The summed E-state index contributed by atoms with van der Waals surface area (Å²) in [5.74, 6) is -1.16. The number of thiazole rings is 1. The molecule has 40 heavy (non-hydrogen) atoms. The van der Waals surface area contributed by atoms with Crippen LogP contribution in [0.5, 0.6) is 0 Å². The normalized spacial score (nSPS) is 15.2. The number of aromatic nitrogens is 1. The minimum Gasteiger partial charge on any atom is -0.748 e. The Morgan fingerprint density at radius 3 is 2.50 bits per heavy atom. The predicted molar refractivity (Wildman–Crippen MR) is 160 cm³/mol. The highest BCUT2D eigenvalue weighted by molar-refractivity contribution is 8.03. The van der Waals surface area contributed by atoms with Gasteiger partial charge in [-0.25, -0.2) is 21.6 Å². The van der Waals surface area contributed by atoms with Crippen molar-refractivity contribution in [2.24, 2.45) is 0 Å². The van der Waals surface area contributed by atoms with Crippen molar-refractivity contribution in [2.45, 2.75) is 31.2 Å². The number of nitrogens with zero attached hydrogens (tertiary/aromatic N) is 2. The van der Waals surface area contributed by atoms with Crippen LogP contribution in [0.25, 0.3) is 16.3 Å². The van der Waals surface area contributed by atoms with Gasteiger partial charge in [0, 0.05) is 39.4 Å². The fourth-order valence-electron chi connectivity index (χ4n) is 4.10. The fourth-order valence-corrected chi connectivity index (χ4v) is 7.66. The molecule has 0 atom stereocenters. The molecule has 0 spiro atoms. The topological polar surface area (TPSA) is 128 Å². The third kappa shape index (κ3) is 7.99. The summed E-state index contributed by atoms with van der Waals surface area (Å²) in [5, 5.41) is 2.55. The summed E-state index contributed by atoms with van der Waals surface area (Å²) in [6.45, 7) is 2.05. The second-order valence-electron chi connectivity index (χ2n) is 8.97. The number of fused-ring (bicyclic) bond motifs is 2. The van der Waals surface area contributed by atoms with Crippen molar-refractivity contribution in [2.75, 3.05) is 23.5 Å². The Bertz CT molecular complexity index is 1750. The molecule has 9 nitrogen and oxygen atoms in total. The van der Waals surface area contributed by atoms with Crippen molar-refractivity contribution in [3.8, 4) is 0 Å². The first kappa shape index (κ1) is 30.8. The largest absolute Gasteiger partial charge is 0.748 e. The number of carbonyl (C=O) groups is 1. The molecule has 2 heterocycles. The van der Waals surface area contributed by atoms with Crippen molar-refractivity contribution in [3.05, 3.63) is 68.1 Å². The number of carbonyl (C=O) groups excluding carboxylic acids is 1. The summed E-state index contributed by atoms with van der Waals surface area (Å²) in [4.78, 5) is 15.4. The number of anilines is 1. The maximum absolute atomic E-state index is 12.6. The number of halogens is 2. The van der Waals surface area contributed by atoms with Crippen LogP contribution in [-0.2, 0) is 31.5 Å². The standard InChI is InChI=1S/C25H25Cl2N3O6S4/c1-3-16(11-24-29(9-4-10-40(34,35)36)19-13-17(26)5-7-21(19)37-24)12-25-30(15-23(31)28-39(2,32)33)20-14-18(27)6-8-22(20)38-25/h5-8,11-14H,3-4,9-10,15H2,1-2H3,(H-,28,31,34,35,36). The van der Waals surface area contributed by atoms with E-state index in [-0.39, 0.29) is 13.0 Å². The highest BCUT2D eigenvalue weighted by Gasteiger charge is 2.27. The van der Waals surface area contributed by atoms with Gasteiger partial charge in [0.05, 0.1) is 27.1 Å². The maximum Gasteiger partial charge on any atom is 0.299 e. The molecule has 214 valence electrons. The van der Waals surface area contributed by atoms with Crippen molar-refractivity contribution >= 4 is 94.3 Å². The molecule has 1 aromatic heterocycles. The van der Waals surface area contributed by atoms with E-state index in [1.54, 1.807) is 28.8 Å². The Kier molecular flexibility index (Phi) is 9.55. The van der Waals surface area contributed by atoms with Gasteiger partial charge < -0.3 is 9.45 Å². The molecule has 1 N–H and O–H groups in total. The second-order valence-corrected chi connectivity index (χ2v) is 15.2. The third-order valence-electron chi connectivity index (χ3n) is 5.79. The van der Waals surface area contributed by atoms with Gasteiger partial charge >= 0.3 is 0 Å². The van der Waals surface area contributed by atoms with Gasteiger partial charge in [-0.1, -0.05) is 53.2 Å². The average molecular weight is 663 g/mol. The summed E-state index contributed by atoms with van der Waals surface area (Å²) >= 11 is 15.4. The highest BCUT2D eigenvalue weighted by Crippen LogP contribution is 2.47. The van der Waals surface area contributed by atoms with E-state index in [2.05, 4.69) is 0 Å². The zero-order valence-electron chi connectivity index (χ0n) is 21.4. The van der Waals surface area contributed by atoms with Gasteiger partial charge in [-0.15, -0.1) is 0 Å². The van der Waals surface area contributed by atoms with Gasteiger partial charge in [-0.05, 0) is 54.8 Å². The maximum atomic E-state index is 12.6. The van der Waals surface area contributed by atoms with Crippen molar-refractivity contribution in [3.63, 3.8) is 0 Å². The first-order valence-electron chi connectivity index (χ1n) is 12.0. The molecule has 0 aliphatic carbocycles. The Morgan fingerprint density at radius 1 is 1.12 bits per heavy atom. The number of allylic oxidation sites excluding steroid dienone is 2. The molecule has 0 bridgehead atoms. The highest BCUT2D eigenvalue weighted by atomic mass is 35.5. The lowest BCUT2D eigenvalue weighted by atomic mass is 10.2. The van der Waals surface area contributed by atoms with Gasteiger partial charge in [0.1, 0.15) is 4.70 Å². The van der Waals surface area contributed by atoms with Gasteiger partial charge in [-0.2, -0.15) is 4.57 Å². The minimum absolute atomic E-state index is 0.146. The number of benzene rings is 2. The molecule has 1 aliphatic rings. The van der Waals surface area contributed by atoms with Gasteiger partial charge in [0.2, 0.25) is 22.1 Å². The number of sulfonamides is 1. The Hall–Kier alpha value is -2.13. The van der Waals surface area contributed by atoms with E-state index in [0.717, 1.165) is 32.1 Å². The molecule has 0 radical (unpaired) electrons. The predicted octanol–water partition coefficient (Wildman–Crippen LogP) is 4.75. The third-order valence-corrected chi connectivity index (χ3v) is 9.87.